The third kappa shape index (κ3) is 3.59. The van der Waals surface area contributed by atoms with Gasteiger partial charge in [-0.05, 0) is 43.3 Å². The number of aromatic amines is 1. The summed E-state index contributed by atoms with van der Waals surface area (Å²) in [5, 5.41) is 2.83. The number of alkyl halides is 3. The number of hydrogen-bond acceptors (Lipinski definition) is 4. The summed E-state index contributed by atoms with van der Waals surface area (Å²) in [5.74, 6) is 1.03. The Kier molecular flexibility index (Phi) is 4.02. The molecule has 2 N–H and O–H groups in total. The van der Waals surface area contributed by atoms with E-state index in [2.05, 4.69) is 25.3 Å². The first-order chi connectivity index (χ1) is 12.9. The van der Waals surface area contributed by atoms with Crippen LogP contribution < -0.4 is 5.32 Å². The molecule has 0 saturated carbocycles. The van der Waals surface area contributed by atoms with Crippen molar-refractivity contribution in [3.05, 3.63) is 66.1 Å². The van der Waals surface area contributed by atoms with E-state index < -0.39 is 11.7 Å². The van der Waals surface area contributed by atoms with E-state index in [0.717, 1.165) is 34.6 Å². The average Bonchev–Trinajstić information content (AvgIpc) is 3.00. The molecule has 0 spiro atoms. The topological polar surface area (TPSA) is 66.5 Å². The zero-order valence-corrected chi connectivity index (χ0v) is 14.2. The van der Waals surface area contributed by atoms with Crippen molar-refractivity contribution in [2.75, 3.05) is 5.32 Å². The molecule has 2 aromatic carbocycles. The number of halogens is 3. The maximum atomic E-state index is 12.9. The first-order valence-corrected chi connectivity index (χ1v) is 8.12. The Hall–Kier alpha value is -3.42. The molecule has 136 valence electrons. The minimum absolute atomic E-state index is 0.215. The summed E-state index contributed by atoms with van der Waals surface area (Å²) in [6.45, 7) is 1.88. The van der Waals surface area contributed by atoms with Crippen molar-refractivity contribution < 1.29 is 13.2 Å². The lowest BCUT2D eigenvalue weighted by atomic mass is 10.1. The van der Waals surface area contributed by atoms with Crippen LogP contribution in [0.25, 0.3) is 22.3 Å². The number of nitrogens with zero attached hydrogens (tertiary/aromatic N) is 3. The standard InChI is InChI=1S/C19H14F3N5/c1-11-24-16-6-5-12(9-17(16)25-11)15-7-8-23-18(27-15)26-14-4-2-3-13(10-14)19(20,21)22/h2-10H,1H3,(H,24,25)(H,23,26,27). The molecule has 8 heteroatoms. The van der Waals surface area contributed by atoms with E-state index in [1.165, 1.54) is 12.1 Å². The van der Waals surface area contributed by atoms with Gasteiger partial charge in [-0.3, -0.25) is 0 Å². The summed E-state index contributed by atoms with van der Waals surface area (Å²) >= 11 is 0. The predicted octanol–water partition coefficient (Wildman–Crippen LogP) is 5.09. The molecule has 0 fully saturated rings. The fraction of sp³-hybridized carbons (Fsp3) is 0.105. The van der Waals surface area contributed by atoms with E-state index in [9.17, 15) is 13.2 Å². The van der Waals surface area contributed by atoms with E-state index in [1.54, 1.807) is 12.3 Å². The minimum Gasteiger partial charge on any atom is -0.342 e. The molecular weight excluding hydrogens is 355 g/mol. The summed E-state index contributed by atoms with van der Waals surface area (Å²) in [6, 6.07) is 12.3. The van der Waals surface area contributed by atoms with Crippen LogP contribution in [0.4, 0.5) is 24.8 Å². The largest absolute Gasteiger partial charge is 0.416 e. The SMILES string of the molecule is Cc1nc2ccc(-c3ccnc(Nc4cccc(C(F)(F)F)c4)n3)cc2[nH]1. The highest BCUT2D eigenvalue weighted by atomic mass is 19.4. The van der Waals surface area contributed by atoms with Crippen molar-refractivity contribution in [2.45, 2.75) is 13.1 Å². The number of nitrogens with one attached hydrogen (secondary N) is 2. The minimum atomic E-state index is -4.40. The summed E-state index contributed by atoms with van der Waals surface area (Å²) < 4.78 is 38.6. The molecule has 0 atom stereocenters. The summed E-state index contributed by atoms with van der Waals surface area (Å²) in [4.78, 5) is 16.0. The second kappa shape index (κ2) is 6.39. The highest BCUT2D eigenvalue weighted by Gasteiger charge is 2.30. The van der Waals surface area contributed by atoms with Crippen molar-refractivity contribution in [3.8, 4) is 11.3 Å². The molecular formula is C19H14F3N5. The molecule has 4 aromatic rings. The van der Waals surface area contributed by atoms with Gasteiger partial charge in [-0.15, -0.1) is 0 Å². The van der Waals surface area contributed by atoms with Crippen LogP contribution in [0.15, 0.2) is 54.7 Å². The van der Waals surface area contributed by atoms with Crippen LogP contribution in [0, 0.1) is 6.92 Å². The van der Waals surface area contributed by atoms with Gasteiger partial charge in [0, 0.05) is 17.4 Å². The number of H-pyrrole nitrogens is 1. The van der Waals surface area contributed by atoms with Gasteiger partial charge in [-0.1, -0.05) is 12.1 Å². The lowest BCUT2D eigenvalue weighted by molar-refractivity contribution is -0.137. The normalized spacial score (nSPS) is 11.7. The zero-order valence-electron chi connectivity index (χ0n) is 14.2. The molecule has 4 rings (SSSR count). The Morgan fingerprint density at radius 3 is 2.67 bits per heavy atom. The second-order valence-corrected chi connectivity index (χ2v) is 6.02. The van der Waals surface area contributed by atoms with Crippen LogP contribution in [0.3, 0.4) is 0 Å². The van der Waals surface area contributed by atoms with E-state index >= 15 is 0 Å². The number of fused-ring (bicyclic) bond motifs is 1. The van der Waals surface area contributed by atoms with E-state index in [4.69, 9.17) is 0 Å². The van der Waals surface area contributed by atoms with E-state index in [0.29, 0.717) is 5.69 Å². The van der Waals surface area contributed by atoms with Gasteiger partial charge in [0.05, 0.1) is 22.3 Å². The molecule has 0 aliphatic carbocycles. The fourth-order valence-corrected chi connectivity index (χ4v) is 2.78. The van der Waals surface area contributed by atoms with Crippen molar-refractivity contribution in [1.82, 2.24) is 19.9 Å². The zero-order chi connectivity index (χ0) is 19.0. The molecule has 0 aliphatic heterocycles. The van der Waals surface area contributed by atoms with Crippen molar-refractivity contribution in [3.63, 3.8) is 0 Å². The van der Waals surface area contributed by atoms with Gasteiger partial charge in [0.25, 0.3) is 0 Å². The van der Waals surface area contributed by atoms with Crippen LogP contribution >= 0.6 is 0 Å². The third-order valence-electron chi connectivity index (χ3n) is 4.00. The van der Waals surface area contributed by atoms with Gasteiger partial charge in [0.1, 0.15) is 5.82 Å². The Morgan fingerprint density at radius 2 is 1.85 bits per heavy atom. The number of benzene rings is 2. The molecule has 5 nitrogen and oxygen atoms in total. The number of hydrogen-bond donors (Lipinski definition) is 2. The van der Waals surface area contributed by atoms with Crippen molar-refractivity contribution >= 4 is 22.7 Å². The van der Waals surface area contributed by atoms with Crippen LogP contribution in [0.1, 0.15) is 11.4 Å². The quantitative estimate of drug-likeness (QED) is 0.528. The predicted molar refractivity (Wildman–Crippen MR) is 96.6 cm³/mol. The maximum Gasteiger partial charge on any atom is 0.416 e. The van der Waals surface area contributed by atoms with Gasteiger partial charge >= 0.3 is 6.18 Å². The average molecular weight is 369 g/mol. The number of imidazole rings is 1. The smallest absolute Gasteiger partial charge is 0.342 e. The Balaban J connectivity index is 1.64. The summed E-state index contributed by atoms with van der Waals surface area (Å²) in [7, 11) is 0. The van der Waals surface area contributed by atoms with Crippen LogP contribution in [0.5, 0.6) is 0 Å². The molecule has 0 radical (unpaired) electrons. The van der Waals surface area contributed by atoms with Crippen LogP contribution in [-0.2, 0) is 6.18 Å². The first-order valence-electron chi connectivity index (χ1n) is 8.12. The monoisotopic (exact) mass is 369 g/mol. The molecule has 27 heavy (non-hydrogen) atoms. The molecule has 2 heterocycles. The highest BCUT2D eigenvalue weighted by Crippen LogP contribution is 2.31. The molecule has 0 unspecified atom stereocenters. The summed E-state index contributed by atoms with van der Waals surface area (Å²) in [6.07, 6.45) is -2.85. The number of rotatable bonds is 3. The second-order valence-electron chi connectivity index (χ2n) is 6.02. The molecule has 0 aliphatic rings. The Bertz CT molecular complexity index is 1120. The Labute approximate surface area is 152 Å². The Morgan fingerprint density at radius 1 is 1.00 bits per heavy atom. The van der Waals surface area contributed by atoms with Gasteiger partial charge in [0.2, 0.25) is 5.95 Å². The number of aromatic nitrogens is 4. The molecule has 0 saturated heterocycles. The number of anilines is 2. The maximum absolute atomic E-state index is 12.9. The summed E-state index contributed by atoms with van der Waals surface area (Å²) in [5.41, 5.74) is 2.77. The highest BCUT2D eigenvalue weighted by molar-refractivity contribution is 5.81. The van der Waals surface area contributed by atoms with E-state index in [-0.39, 0.29) is 11.6 Å². The lowest BCUT2D eigenvalue weighted by Gasteiger charge is -2.10. The molecule has 0 bridgehead atoms. The number of aryl methyl sites for hydroxylation is 1. The van der Waals surface area contributed by atoms with Gasteiger partial charge in [-0.25, -0.2) is 15.0 Å². The van der Waals surface area contributed by atoms with Gasteiger partial charge < -0.3 is 10.3 Å². The van der Waals surface area contributed by atoms with Crippen molar-refractivity contribution in [1.29, 1.82) is 0 Å². The van der Waals surface area contributed by atoms with Crippen LogP contribution in [0.2, 0.25) is 0 Å². The van der Waals surface area contributed by atoms with Gasteiger partial charge in [-0.2, -0.15) is 13.2 Å². The van der Waals surface area contributed by atoms with E-state index in [1.807, 2.05) is 25.1 Å². The van der Waals surface area contributed by atoms with Crippen LogP contribution in [-0.4, -0.2) is 19.9 Å². The third-order valence-corrected chi connectivity index (χ3v) is 4.00. The molecule has 2 aromatic heterocycles. The van der Waals surface area contributed by atoms with Gasteiger partial charge in [0.15, 0.2) is 0 Å². The fourth-order valence-electron chi connectivity index (χ4n) is 2.78. The first kappa shape index (κ1) is 17.0. The molecule has 0 amide bonds. The van der Waals surface area contributed by atoms with Crippen molar-refractivity contribution in [2.24, 2.45) is 0 Å². The lowest BCUT2D eigenvalue weighted by Crippen LogP contribution is -2.05.